The van der Waals surface area contributed by atoms with Crippen LogP contribution in [0.25, 0.3) is 94.7 Å². The largest absolute Gasteiger partial charge is 0.456 e. The molecule has 1 aliphatic rings. The predicted molar refractivity (Wildman–Crippen MR) is 215 cm³/mol. The van der Waals surface area contributed by atoms with E-state index < -0.39 is 0 Å². The fraction of sp³-hybridized carbons (Fsp3) is 0.0625. The second-order valence-electron chi connectivity index (χ2n) is 14.4. The van der Waals surface area contributed by atoms with Crippen molar-refractivity contribution in [1.29, 1.82) is 0 Å². The normalized spacial score (nSPS) is 13.2. The molecule has 5 heteroatoms. The van der Waals surface area contributed by atoms with Crippen molar-refractivity contribution in [3.05, 3.63) is 169 Å². The van der Waals surface area contributed by atoms with E-state index >= 15 is 0 Å². The fourth-order valence-corrected chi connectivity index (χ4v) is 8.56. The van der Waals surface area contributed by atoms with Crippen LogP contribution in [0.5, 0.6) is 0 Å². The van der Waals surface area contributed by atoms with Gasteiger partial charge in [0, 0.05) is 49.3 Å². The highest BCUT2D eigenvalue weighted by molar-refractivity contribution is 6.13. The van der Waals surface area contributed by atoms with Crippen LogP contribution in [0.3, 0.4) is 0 Å². The monoisotopic (exact) mass is 680 g/mol. The Kier molecular flexibility index (Phi) is 6.23. The highest BCUT2D eigenvalue weighted by Gasteiger charge is 2.38. The summed E-state index contributed by atoms with van der Waals surface area (Å²) in [6.45, 7) is 4.72. The van der Waals surface area contributed by atoms with Crippen molar-refractivity contribution in [2.75, 3.05) is 0 Å². The molecule has 0 bridgehead atoms. The Morgan fingerprint density at radius 1 is 0.472 bits per heavy atom. The summed E-state index contributed by atoms with van der Waals surface area (Å²) >= 11 is 0. The van der Waals surface area contributed by atoms with Gasteiger partial charge in [-0.05, 0) is 70.8 Å². The van der Waals surface area contributed by atoms with Gasteiger partial charge < -0.3 is 8.98 Å². The molecule has 0 amide bonds. The number of para-hydroxylation sites is 2. The van der Waals surface area contributed by atoms with Gasteiger partial charge in [-0.2, -0.15) is 0 Å². The SMILES string of the molecule is CC1(C)c2ccccc2-c2ccc3c4ccccc4n(-c4ccc(-c5nc(-c6ccccc6)nc(-c6ccc7c(c6)oc6ccccc67)n5)cc4)c3c21. The maximum Gasteiger partial charge on any atom is 0.164 e. The van der Waals surface area contributed by atoms with Crippen LogP contribution in [-0.4, -0.2) is 19.5 Å². The second-order valence-corrected chi connectivity index (χ2v) is 14.4. The molecule has 0 spiro atoms. The number of nitrogens with zero attached hydrogens (tertiary/aromatic N) is 4. The summed E-state index contributed by atoms with van der Waals surface area (Å²) in [6.07, 6.45) is 0. The zero-order chi connectivity index (χ0) is 35.3. The fourth-order valence-electron chi connectivity index (χ4n) is 8.56. The first-order valence-electron chi connectivity index (χ1n) is 18.0. The van der Waals surface area contributed by atoms with Gasteiger partial charge in [0.25, 0.3) is 0 Å². The number of fused-ring (bicyclic) bond motifs is 10. The lowest BCUT2D eigenvalue weighted by Gasteiger charge is -2.23. The molecule has 5 nitrogen and oxygen atoms in total. The summed E-state index contributed by atoms with van der Waals surface area (Å²) in [6, 6.07) is 55.3. The van der Waals surface area contributed by atoms with Crippen LogP contribution in [-0.2, 0) is 5.41 Å². The zero-order valence-electron chi connectivity index (χ0n) is 29.2. The number of hydrogen-bond donors (Lipinski definition) is 0. The Balaban J connectivity index is 1.08. The van der Waals surface area contributed by atoms with E-state index in [1.165, 1.54) is 44.1 Å². The number of benzene rings is 7. The van der Waals surface area contributed by atoms with Gasteiger partial charge in [-0.1, -0.05) is 123 Å². The topological polar surface area (TPSA) is 56.7 Å². The first kappa shape index (κ1) is 29.8. The van der Waals surface area contributed by atoms with Gasteiger partial charge in [-0.15, -0.1) is 0 Å². The Bertz CT molecular complexity index is 3080. The molecule has 0 aliphatic heterocycles. The summed E-state index contributed by atoms with van der Waals surface area (Å²) in [4.78, 5) is 15.1. The predicted octanol–water partition coefficient (Wildman–Crippen LogP) is 12.2. The molecule has 250 valence electrons. The molecule has 3 heterocycles. The van der Waals surface area contributed by atoms with Crippen LogP contribution < -0.4 is 0 Å². The summed E-state index contributed by atoms with van der Waals surface area (Å²) in [7, 11) is 0. The summed E-state index contributed by atoms with van der Waals surface area (Å²) in [5, 5.41) is 4.68. The van der Waals surface area contributed by atoms with Gasteiger partial charge in [-0.25, -0.2) is 15.0 Å². The maximum atomic E-state index is 6.24. The first-order valence-corrected chi connectivity index (χ1v) is 18.0. The number of rotatable bonds is 4. The van der Waals surface area contributed by atoms with Crippen molar-refractivity contribution in [3.63, 3.8) is 0 Å². The van der Waals surface area contributed by atoms with Crippen molar-refractivity contribution in [3.8, 4) is 51.0 Å². The van der Waals surface area contributed by atoms with Crippen LogP contribution >= 0.6 is 0 Å². The Morgan fingerprint density at radius 2 is 1.08 bits per heavy atom. The molecule has 0 atom stereocenters. The van der Waals surface area contributed by atoms with Crippen LogP contribution in [0.1, 0.15) is 25.0 Å². The summed E-state index contributed by atoms with van der Waals surface area (Å²) in [5.74, 6) is 1.84. The van der Waals surface area contributed by atoms with Gasteiger partial charge in [-0.3, -0.25) is 0 Å². The minimum Gasteiger partial charge on any atom is -0.456 e. The van der Waals surface area contributed by atoms with E-state index in [4.69, 9.17) is 19.4 Å². The molecule has 7 aromatic carbocycles. The minimum absolute atomic E-state index is 0.155. The van der Waals surface area contributed by atoms with E-state index in [1.54, 1.807) is 0 Å². The molecule has 10 aromatic rings. The molecule has 0 saturated heterocycles. The van der Waals surface area contributed by atoms with Crippen LogP contribution in [0.2, 0.25) is 0 Å². The number of hydrogen-bond acceptors (Lipinski definition) is 4. The molecule has 0 N–H and O–H groups in total. The van der Waals surface area contributed by atoms with Gasteiger partial charge >= 0.3 is 0 Å². The Labute approximate surface area is 305 Å². The van der Waals surface area contributed by atoms with Crippen molar-refractivity contribution in [2.24, 2.45) is 0 Å². The van der Waals surface area contributed by atoms with Crippen LogP contribution in [0.4, 0.5) is 0 Å². The van der Waals surface area contributed by atoms with E-state index in [2.05, 4.69) is 122 Å². The van der Waals surface area contributed by atoms with Gasteiger partial charge in [0.05, 0.1) is 11.0 Å². The quantitative estimate of drug-likeness (QED) is 0.186. The van der Waals surface area contributed by atoms with E-state index in [-0.39, 0.29) is 5.41 Å². The van der Waals surface area contributed by atoms with E-state index in [1.807, 2.05) is 54.6 Å². The molecule has 0 unspecified atom stereocenters. The van der Waals surface area contributed by atoms with Crippen LogP contribution in [0, 0.1) is 0 Å². The lowest BCUT2D eigenvalue weighted by atomic mass is 9.81. The third-order valence-corrected chi connectivity index (χ3v) is 11.0. The summed E-state index contributed by atoms with van der Waals surface area (Å²) < 4.78 is 8.68. The molecular weight excluding hydrogens is 649 g/mol. The average molecular weight is 681 g/mol. The Hall–Kier alpha value is -6.85. The highest BCUT2D eigenvalue weighted by atomic mass is 16.3. The molecule has 53 heavy (non-hydrogen) atoms. The standard InChI is InChI=1S/C48H32N4O/c1-48(2)39-17-9-6-14-33(39)37-26-27-38-34-15-7-10-18-40(34)52(44(38)43(37)48)32-23-20-30(21-24-32)46-49-45(29-12-4-3-5-13-29)50-47(51-46)31-22-25-36-35-16-8-11-19-41(35)53-42(36)28-31/h3-28H,1-2H3. The van der Waals surface area contributed by atoms with Crippen molar-refractivity contribution < 1.29 is 4.42 Å². The first-order chi connectivity index (χ1) is 26.0. The lowest BCUT2D eigenvalue weighted by molar-refractivity contribution is 0.664. The molecule has 3 aromatic heterocycles. The van der Waals surface area contributed by atoms with Gasteiger partial charge in [0.1, 0.15) is 11.2 Å². The molecule has 0 saturated carbocycles. The minimum atomic E-state index is -0.155. The van der Waals surface area contributed by atoms with E-state index in [0.29, 0.717) is 17.5 Å². The smallest absolute Gasteiger partial charge is 0.164 e. The molecule has 1 aliphatic carbocycles. The van der Waals surface area contributed by atoms with Crippen molar-refractivity contribution >= 4 is 43.7 Å². The van der Waals surface area contributed by atoms with Crippen molar-refractivity contribution in [2.45, 2.75) is 19.3 Å². The van der Waals surface area contributed by atoms with E-state index in [9.17, 15) is 0 Å². The third kappa shape index (κ3) is 4.40. The molecular formula is C48H32N4O. The molecule has 11 rings (SSSR count). The second kappa shape index (κ2) is 11.1. The molecule has 0 radical (unpaired) electrons. The van der Waals surface area contributed by atoms with E-state index in [0.717, 1.165) is 44.3 Å². The summed E-state index contributed by atoms with van der Waals surface area (Å²) in [5.41, 5.74) is 13.1. The zero-order valence-corrected chi connectivity index (χ0v) is 29.2. The van der Waals surface area contributed by atoms with Crippen molar-refractivity contribution in [1.82, 2.24) is 19.5 Å². The number of furan rings is 1. The maximum absolute atomic E-state index is 6.24. The van der Waals surface area contributed by atoms with Gasteiger partial charge in [0.15, 0.2) is 17.5 Å². The lowest BCUT2D eigenvalue weighted by Crippen LogP contribution is -2.16. The number of aromatic nitrogens is 4. The van der Waals surface area contributed by atoms with Gasteiger partial charge in [0.2, 0.25) is 0 Å². The van der Waals surface area contributed by atoms with Crippen LogP contribution in [0.15, 0.2) is 162 Å². The highest BCUT2D eigenvalue weighted by Crippen LogP contribution is 2.53. The molecule has 0 fully saturated rings. The average Bonchev–Trinajstić information content (AvgIpc) is 3.83. The Morgan fingerprint density at radius 3 is 1.89 bits per heavy atom. The third-order valence-electron chi connectivity index (χ3n) is 11.0.